The molecule has 2 saturated heterocycles. The highest BCUT2D eigenvalue weighted by molar-refractivity contribution is 9.10. The number of pyridine rings is 2. The molecule has 358 valence electrons. The van der Waals surface area contributed by atoms with Gasteiger partial charge >= 0.3 is 12.0 Å². The summed E-state index contributed by atoms with van der Waals surface area (Å²) in [7, 11) is -1.18. The van der Waals surface area contributed by atoms with Gasteiger partial charge in [0.15, 0.2) is 5.82 Å². The highest BCUT2D eigenvalue weighted by atomic mass is 79.9. The first-order chi connectivity index (χ1) is 32.4. The van der Waals surface area contributed by atoms with Gasteiger partial charge in [0.25, 0.3) is 0 Å². The van der Waals surface area contributed by atoms with E-state index in [-0.39, 0.29) is 6.01 Å². The van der Waals surface area contributed by atoms with Crippen molar-refractivity contribution in [3.8, 4) is 18.1 Å². The Balaban J connectivity index is 0.000000203. The summed E-state index contributed by atoms with van der Waals surface area (Å²) in [6, 6.07) is 12.5. The predicted molar refractivity (Wildman–Crippen MR) is 271 cm³/mol. The third-order valence-electron chi connectivity index (χ3n) is 12.5. The molecule has 0 atom stereocenters. The smallest absolute Gasteiger partial charge is 0.319 e. The van der Waals surface area contributed by atoms with E-state index in [9.17, 15) is 5.26 Å². The Morgan fingerprint density at radius 3 is 1.85 bits per heavy atom. The van der Waals surface area contributed by atoms with Crippen molar-refractivity contribution >= 4 is 52.2 Å². The fraction of sp³-hybridized carbons (Fsp3) is 0.540. The standard InChI is InChI=1S/C27H41BrN6O2Si.C23H28N6O/c1-5-6-13-36-27-31-23-22(16-20-9-10-21(30-17-20)18-33-11-7-8-12-33)25(28)34(24(23)26(29)32-27)19-35-14-15-37(2,3)4;1-2-3-10-30-23-27-21-19(17(13-24)12-20(21)22(25)28-23)11-16-6-7-18(26-14-16)15-29-8-4-5-9-29/h9-10,17H,5-8,11-16,18-19H2,1-4H3,(H2,29,31,32);6-7,14H,2-5,8-12,15H2,1H3,(H2,25,27,28). The summed E-state index contributed by atoms with van der Waals surface area (Å²) in [5.74, 6) is 0.796. The van der Waals surface area contributed by atoms with E-state index in [2.05, 4.69) is 109 Å². The van der Waals surface area contributed by atoms with E-state index in [1.54, 1.807) is 0 Å². The lowest BCUT2D eigenvalue weighted by Crippen LogP contribution is -2.22. The molecular formula is C50H69BrN12O3Si. The summed E-state index contributed by atoms with van der Waals surface area (Å²) in [6.45, 7) is 20.0. The van der Waals surface area contributed by atoms with Crippen molar-refractivity contribution in [3.05, 3.63) is 86.2 Å². The van der Waals surface area contributed by atoms with Crippen LogP contribution in [0.4, 0.5) is 11.6 Å². The van der Waals surface area contributed by atoms with Gasteiger partial charge < -0.3 is 30.2 Å². The maximum absolute atomic E-state index is 9.67. The van der Waals surface area contributed by atoms with E-state index < -0.39 is 8.07 Å². The highest BCUT2D eigenvalue weighted by Crippen LogP contribution is 2.38. The number of hydrogen-bond acceptors (Lipinski definition) is 14. The van der Waals surface area contributed by atoms with Crippen molar-refractivity contribution in [2.24, 2.45) is 0 Å². The molecule has 15 nitrogen and oxygen atoms in total. The zero-order valence-electron chi connectivity index (χ0n) is 40.2. The molecule has 2 aliphatic heterocycles. The number of nitrogens with zero attached hydrogens (tertiary/aromatic N) is 10. The predicted octanol–water partition coefficient (Wildman–Crippen LogP) is 9.15. The number of anilines is 2. The van der Waals surface area contributed by atoms with Crippen LogP contribution in [0.2, 0.25) is 25.7 Å². The summed E-state index contributed by atoms with van der Waals surface area (Å²) in [6.07, 6.45) is 14.7. The second kappa shape index (κ2) is 23.8. The first-order valence-electron chi connectivity index (χ1n) is 24.2. The summed E-state index contributed by atoms with van der Waals surface area (Å²) in [5, 5.41) is 9.67. The normalized spacial score (nSPS) is 15.2. The van der Waals surface area contributed by atoms with Gasteiger partial charge in [-0.25, -0.2) is 0 Å². The largest absolute Gasteiger partial charge is 0.463 e. The Morgan fingerprint density at radius 1 is 0.746 bits per heavy atom. The van der Waals surface area contributed by atoms with E-state index in [1.165, 1.54) is 38.8 Å². The first-order valence-corrected chi connectivity index (χ1v) is 28.7. The van der Waals surface area contributed by atoms with Gasteiger partial charge in [-0.2, -0.15) is 25.2 Å². The van der Waals surface area contributed by atoms with Crippen LogP contribution in [0.5, 0.6) is 12.0 Å². The second-order valence-electron chi connectivity index (χ2n) is 19.1. The fourth-order valence-corrected chi connectivity index (χ4v) is 9.89. The van der Waals surface area contributed by atoms with Crippen LogP contribution in [0.1, 0.15) is 105 Å². The first kappa shape index (κ1) is 49.9. The molecule has 5 aromatic heterocycles. The van der Waals surface area contributed by atoms with Crippen molar-refractivity contribution < 1.29 is 14.2 Å². The minimum atomic E-state index is -1.18. The molecule has 0 spiro atoms. The van der Waals surface area contributed by atoms with Gasteiger partial charge in [0.1, 0.15) is 23.6 Å². The molecule has 5 aromatic rings. The SMILES string of the molecule is CCCCOc1nc(N)c2c(n1)C(Cc1ccc(CN3CCCC3)nc1)=C(C#N)C2.CCCCOc1nc(N)c2c(n1)c(Cc1ccc(CN3CCCC3)nc1)c(Br)n2COCC[Si](C)(C)C. The molecule has 0 aromatic carbocycles. The van der Waals surface area contributed by atoms with Crippen LogP contribution in [-0.2, 0) is 43.8 Å². The van der Waals surface area contributed by atoms with Crippen molar-refractivity contribution in [2.75, 3.05) is 57.5 Å². The number of hydrogen-bond donors (Lipinski definition) is 2. The van der Waals surface area contributed by atoms with E-state index in [0.717, 1.165) is 125 Å². The third kappa shape index (κ3) is 13.6. The fourth-order valence-electron chi connectivity index (χ4n) is 8.52. The second-order valence-corrected chi connectivity index (χ2v) is 25.5. The summed E-state index contributed by atoms with van der Waals surface area (Å²) < 4.78 is 20.6. The number of likely N-dealkylation sites (tertiary alicyclic amines) is 2. The number of aromatic nitrogens is 7. The van der Waals surface area contributed by atoms with E-state index >= 15 is 0 Å². The lowest BCUT2D eigenvalue weighted by atomic mass is 10.0. The van der Waals surface area contributed by atoms with Crippen molar-refractivity contribution in [3.63, 3.8) is 0 Å². The third-order valence-corrected chi connectivity index (χ3v) is 15.1. The minimum absolute atomic E-state index is 0.287. The Kier molecular flexibility index (Phi) is 17.7. The zero-order valence-corrected chi connectivity index (χ0v) is 42.8. The highest BCUT2D eigenvalue weighted by Gasteiger charge is 2.28. The number of ether oxygens (including phenoxy) is 3. The van der Waals surface area contributed by atoms with Gasteiger partial charge in [0.05, 0.1) is 41.0 Å². The molecule has 4 N–H and O–H groups in total. The van der Waals surface area contributed by atoms with Crippen molar-refractivity contribution in [1.82, 2.24) is 44.3 Å². The van der Waals surface area contributed by atoms with Gasteiger partial charge in [-0.15, -0.1) is 0 Å². The molecule has 0 saturated carbocycles. The van der Waals surface area contributed by atoms with Crippen molar-refractivity contribution in [1.29, 1.82) is 5.26 Å². The molecule has 8 rings (SSSR count). The van der Waals surface area contributed by atoms with Crippen LogP contribution in [0.3, 0.4) is 0 Å². The van der Waals surface area contributed by atoms with Crippen molar-refractivity contribution in [2.45, 2.75) is 130 Å². The van der Waals surface area contributed by atoms with Gasteiger partial charge in [0, 0.05) is 76.1 Å². The number of nitrogen functional groups attached to an aromatic ring is 2. The molecule has 0 amide bonds. The van der Waals surface area contributed by atoms with E-state index in [1.807, 2.05) is 17.0 Å². The molecule has 0 bridgehead atoms. The van der Waals surface area contributed by atoms with Crippen LogP contribution in [0.15, 0.2) is 46.8 Å². The van der Waals surface area contributed by atoms with Gasteiger partial charge in [-0.05, 0) is 116 Å². The lowest BCUT2D eigenvalue weighted by molar-refractivity contribution is 0.0888. The van der Waals surface area contributed by atoms with Gasteiger partial charge in [-0.3, -0.25) is 19.8 Å². The van der Waals surface area contributed by atoms with Crippen LogP contribution < -0.4 is 20.9 Å². The number of rotatable bonds is 21. The Labute approximate surface area is 405 Å². The van der Waals surface area contributed by atoms with E-state index in [4.69, 9.17) is 35.6 Å². The zero-order chi connectivity index (χ0) is 47.3. The Bertz CT molecular complexity index is 2490. The molecule has 0 radical (unpaired) electrons. The number of halogens is 1. The van der Waals surface area contributed by atoms with Crippen LogP contribution in [0, 0.1) is 11.3 Å². The summed E-state index contributed by atoms with van der Waals surface area (Å²) in [5.41, 5.74) is 22.8. The van der Waals surface area contributed by atoms with Crippen LogP contribution in [0.25, 0.3) is 16.6 Å². The molecule has 3 aliphatic rings. The van der Waals surface area contributed by atoms with Crippen LogP contribution in [-0.4, -0.2) is 98.3 Å². The Hall–Kier alpha value is -4.99. The average molecular weight is 994 g/mol. The molecule has 0 unspecified atom stereocenters. The molecule has 2 fully saturated rings. The van der Waals surface area contributed by atoms with Crippen LogP contribution >= 0.6 is 15.9 Å². The Morgan fingerprint density at radius 2 is 1.31 bits per heavy atom. The summed E-state index contributed by atoms with van der Waals surface area (Å²) in [4.78, 5) is 32.4. The van der Waals surface area contributed by atoms with Gasteiger partial charge in [0.2, 0.25) is 0 Å². The molecule has 67 heavy (non-hydrogen) atoms. The molecular weight excluding hydrogens is 925 g/mol. The molecule has 17 heteroatoms. The minimum Gasteiger partial charge on any atom is -0.463 e. The maximum Gasteiger partial charge on any atom is 0.319 e. The number of nitrogens with two attached hydrogens (primary N) is 2. The quantitative estimate of drug-likeness (QED) is 0.0522. The van der Waals surface area contributed by atoms with Gasteiger partial charge in [-0.1, -0.05) is 58.5 Å². The average Bonchev–Trinajstić information content (AvgIpc) is 4.13. The summed E-state index contributed by atoms with van der Waals surface area (Å²) >= 11 is 3.84. The lowest BCUT2D eigenvalue weighted by Gasteiger charge is -2.16. The topological polar surface area (TPSA) is 192 Å². The molecule has 7 heterocycles. The number of allylic oxidation sites excluding steroid dienone is 2. The number of nitriles is 1. The number of fused-ring (bicyclic) bond motifs is 2. The number of unbranched alkanes of at least 4 members (excludes halogenated alkanes) is 2. The van der Waals surface area contributed by atoms with E-state index in [0.29, 0.717) is 62.4 Å². The monoisotopic (exact) mass is 992 g/mol. The maximum atomic E-state index is 9.67. The molecule has 1 aliphatic carbocycles.